The van der Waals surface area contributed by atoms with Gasteiger partial charge in [0.25, 0.3) is 0 Å². The molecule has 2 bridgehead atoms. The van der Waals surface area contributed by atoms with Gasteiger partial charge in [-0.1, -0.05) is 20.4 Å². The topological polar surface area (TPSA) is 78.9 Å². The standard InChI is InChI=1S/C15H18O6/c1-4-9(16)19-6-10(17)20-13-8-5-7-11(15(8,2)3)14(18)21-12(7)13/h4,7-8,11-13H,1,5-6H2,2-3H3. The second-order valence-electron chi connectivity index (χ2n) is 6.47. The Morgan fingerprint density at radius 3 is 2.86 bits per heavy atom. The van der Waals surface area contributed by atoms with Crippen LogP contribution < -0.4 is 0 Å². The van der Waals surface area contributed by atoms with Crippen LogP contribution in [0.25, 0.3) is 0 Å². The van der Waals surface area contributed by atoms with Crippen molar-refractivity contribution in [1.82, 2.24) is 0 Å². The van der Waals surface area contributed by atoms with Crippen LogP contribution in [0.5, 0.6) is 0 Å². The molecule has 5 atom stereocenters. The minimum Gasteiger partial charge on any atom is -0.458 e. The van der Waals surface area contributed by atoms with Gasteiger partial charge in [0.15, 0.2) is 6.61 Å². The van der Waals surface area contributed by atoms with Crippen molar-refractivity contribution in [1.29, 1.82) is 0 Å². The summed E-state index contributed by atoms with van der Waals surface area (Å²) in [5, 5.41) is 0. The lowest BCUT2D eigenvalue weighted by molar-refractivity contribution is -0.170. The number of carbonyl (C=O) groups excluding carboxylic acids is 3. The summed E-state index contributed by atoms with van der Waals surface area (Å²) < 4.78 is 15.5. The Morgan fingerprint density at radius 1 is 1.48 bits per heavy atom. The SMILES string of the molecule is C=CC(=O)OCC(=O)OC1C2OC(=O)C3C2CC1C3(C)C. The van der Waals surface area contributed by atoms with Crippen LogP contribution in [0.2, 0.25) is 0 Å². The molecule has 0 spiro atoms. The molecule has 0 aromatic rings. The van der Waals surface area contributed by atoms with Crippen molar-refractivity contribution in [2.24, 2.45) is 23.2 Å². The van der Waals surface area contributed by atoms with E-state index in [1.165, 1.54) is 0 Å². The minimum atomic E-state index is -0.674. The first-order chi connectivity index (χ1) is 9.86. The number of carbonyl (C=O) groups is 3. The normalized spacial score (nSPS) is 38.0. The second kappa shape index (κ2) is 4.58. The second-order valence-corrected chi connectivity index (χ2v) is 6.47. The Hall–Kier alpha value is -1.85. The van der Waals surface area contributed by atoms with E-state index in [2.05, 4.69) is 11.3 Å². The van der Waals surface area contributed by atoms with Crippen LogP contribution in [0, 0.1) is 23.2 Å². The lowest BCUT2D eigenvalue weighted by Gasteiger charge is -2.37. The number of fused-ring (bicyclic) bond motifs is 1. The van der Waals surface area contributed by atoms with Gasteiger partial charge in [0.05, 0.1) is 5.92 Å². The van der Waals surface area contributed by atoms with Crippen molar-refractivity contribution in [2.75, 3.05) is 6.61 Å². The first kappa shape index (κ1) is 14.1. The third-order valence-corrected chi connectivity index (χ3v) is 5.13. The Kier molecular flexibility index (Phi) is 3.07. The van der Waals surface area contributed by atoms with E-state index in [0.29, 0.717) is 0 Å². The molecule has 0 amide bonds. The lowest BCUT2D eigenvalue weighted by Crippen LogP contribution is -2.45. The molecule has 5 unspecified atom stereocenters. The summed E-state index contributed by atoms with van der Waals surface area (Å²) in [5.41, 5.74) is -0.239. The molecule has 3 rings (SSSR count). The molecule has 2 aliphatic carbocycles. The molecule has 6 heteroatoms. The van der Waals surface area contributed by atoms with Crippen molar-refractivity contribution in [2.45, 2.75) is 32.5 Å². The van der Waals surface area contributed by atoms with Crippen LogP contribution in [0.1, 0.15) is 20.3 Å². The summed E-state index contributed by atoms with van der Waals surface area (Å²) in [6.07, 6.45) is 1.03. The van der Waals surface area contributed by atoms with Crippen LogP contribution in [-0.2, 0) is 28.6 Å². The molecule has 3 fully saturated rings. The molecule has 1 heterocycles. The predicted octanol–water partition coefficient (Wildman–Crippen LogP) is 0.845. The van der Waals surface area contributed by atoms with E-state index < -0.39 is 24.6 Å². The van der Waals surface area contributed by atoms with E-state index in [0.717, 1.165) is 12.5 Å². The van der Waals surface area contributed by atoms with E-state index in [-0.39, 0.29) is 35.2 Å². The molecule has 1 saturated heterocycles. The Bertz CT molecular complexity index is 522. The molecule has 21 heavy (non-hydrogen) atoms. The highest BCUT2D eigenvalue weighted by molar-refractivity contribution is 5.84. The molecule has 0 aromatic carbocycles. The maximum atomic E-state index is 12.0. The zero-order chi connectivity index (χ0) is 15.4. The van der Waals surface area contributed by atoms with Gasteiger partial charge < -0.3 is 14.2 Å². The molecule has 0 aromatic heterocycles. The minimum absolute atomic E-state index is 0.0963. The van der Waals surface area contributed by atoms with E-state index in [1.807, 2.05) is 13.8 Å². The van der Waals surface area contributed by atoms with Crippen molar-refractivity contribution < 1.29 is 28.6 Å². The van der Waals surface area contributed by atoms with Crippen LogP contribution in [0.3, 0.4) is 0 Å². The van der Waals surface area contributed by atoms with Gasteiger partial charge in [0.1, 0.15) is 12.2 Å². The van der Waals surface area contributed by atoms with Gasteiger partial charge in [-0.15, -0.1) is 0 Å². The van der Waals surface area contributed by atoms with Crippen LogP contribution >= 0.6 is 0 Å². The number of ether oxygens (including phenoxy) is 3. The van der Waals surface area contributed by atoms with E-state index in [1.54, 1.807) is 0 Å². The van der Waals surface area contributed by atoms with Gasteiger partial charge in [-0.2, -0.15) is 0 Å². The Labute approximate surface area is 122 Å². The third kappa shape index (κ3) is 1.96. The van der Waals surface area contributed by atoms with Crippen LogP contribution in [0.15, 0.2) is 12.7 Å². The zero-order valence-electron chi connectivity index (χ0n) is 12.0. The van der Waals surface area contributed by atoms with E-state index >= 15 is 0 Å². The molecule has 1 aliphatic heterocycles. The Balaban J connectivity index is 1.68. The lowest BCUT2D eigenvalue weighted by atomic mass is 9.68. The molecular formula is C15H18O6. The summed E-state index contributed by atoms with van der Waals surface area (Å²) in [5.74, 6) is -1.35. The summed E-state index contributed by atoms with van der Waals surface area (Å²) in [7, 11) is 0. The predicted molar refractivity (Wildman–Crippen MR) is 69.8 cm³/mol. The summed E-state index contributed by atoms with van der Waals surface area (Å²) in [6, 6.07) is 0. The fourth-order valence-electron chi connectivity index (χ4n) is 4.23. The highest BCUT2D eigenvalue weighted by Gasteiger charge is 2.71. The van der Waals surface area contributed by atoms with Crippen molar-refractivity contribution in [3.8, 4) is 0 Å². The fraction of sp³-hybridized carbons (Fsp3) is 0.667. The number of hydrogen-bond donors (Lipinski definition) is 0. The highest BCUT2D eigenvalue weighted by atomic mass is 16.6. The molecular weight excluding hydrogens is 276 g/mol. The molecule has 0 radical (unpaired) electrons. The number of hydrogen-bond acceptors (Lipinski definition) is 6. The molecule has 114 valence electrons. The monoisotopic (exact) mass is 294 g/mol. The quantitative estimate of drug-likeness (QED) is 0.434. The zero-order valence-corrected chi connectivity index (χ0v) is 12.0. The molecule has 3 aliphatic rings. The van der Waals surface area contributed by atoms with E-state index in [9.17, 15) is 14.4 Å². The maximum absolute atomic E-state index is 12.0. The van der Waals surface area contributed by atoms with E-state index in [4.69, 9.17) is 9.47 Å². The van der Waals surface area contributed by atoms with Crippen LogP contribution in [0.4, 0.5) is 0 Å². The average molecular weight is 294 g/mol. The largest absolute Gasteiger partial charge is 0.458 e. The van der Waals surface area contributed by atoms with Gasteiger partial charge in [-0.3, -0.25) is 4.79 Å². The summed E-state index contributed by atoms with van der Waals surface area (Å²) in [4.78, 5) is 34.7. The maximum Gasteiger partial charge on any atom is 0.344 e. The highest BCUT2D eigenvalue weighted by Crippen LogP contribution is 2.64. The van der Waals surface area contributed by atoms with Crippen molar-refractivity contribution in [3.63, 3.8) is 0 Å². The molecule has 2 saturated carbocycles. The summed E-state index contributed by atoms with van der Waals surface area (Å²) in [6.45, 7) is 6.83. The van der Waals surface area contributed by atoms with Gasteiger partial charge in [-0.05, 0) is 11.8 Å². The van der Waals surface area contributed by atoms with Crippen LogP contribution in [-0.4, -0.2) is 36.7 Å². The van der Waals surface area contributed by atoms with Gasteiger partial charge in [0.2, 0.25) is 0 Å². The van der Waals surface area contributed by atoms with Gasteiger partial charge in [-0.25, -0.2) is 9.59 Å². The number of esters is 3. The Morgan fingerprint density at radius 2 is 2.19 bits per heavy atom. The average Bonchev–Trinajstić information content (AvgIpc) is 2.99. The first-order valence-corrected chi connectivity index (χ1v) is 7.05. The smallest absolute Gasteiger partial charge is 0.344 e. The van der Waals surface area contributed by atoms with Crippen molar-refractivity contribution >= 4 is 17.9 Å². The number of rotatable bonds is 4. The first-order valence-electron chi connectivity index (χ1n) is 7.05. The van der Waals surface area contributed by atoms with Crippen molar-refractivity contribution in [3.05, 3.63) is 12.7 Å². The fourth-order valence-corrected chi connectivity index (χ4v) is 4.23. The van der Waals surface area contributed by atoms with Gasteiger partial charge >= 0.3 is 17.9 Å². The van der Waals surface area contributed by atoms with Gasteiger partial charge in [0, 0.05) is 17.9 Å². The summed E-state index contributed by atoms with van der Waals surface area (Å²) >= 11 is 0. The molecule has 0 N–H and O–H groups in total. The third-order valence-electron chi connectivity index (χ3n) is 5.13. The molecule has 6 nitrogen and oxygen atoms in total.